The summed E-state index contributed by atoms with van der Waals surface area (Å²) in [6, 6.07) is 0. The van der Waals surface area contributed by atoms with Gasteiger partial charge in [0.15, 0.2) is 12.2 Å². The molecule has 0 aliphatic heterocycles. The summed E-state index contributed by atoms with van der Waals surface area (Å²) in [6.45, 7) is 9.77. The lowest BCUT2D eigenvalue weighted by molar-refractivity contribution is -0.161. The monoisotopic (exact) mass is 1590 g/mol. The zero-order valence-electron chi connectivity index (χ0n) is 71.9. The van der Waals surface area contributed by atoms with E-state index in [1.54, 1.807) is 0 Å². The van der Waals surface area contributed by atoms with Crippen LogP contribution in [0, 0.1) is 11.8 Å². The second-order valence-corrected chi connectivity index (χ2v) is 36.0. The van der Waals surface area contributed by atoms with Gasteiger partial charge < -0.3 is 33.8 Å². The van der Waals surface area contributed by atoms with Crippen molar-refractivity contribution < 1.29 is 80.2 Å². The number of hydrogen-bond donors (Lipinski definition) is 3. The maximum Gasteiger partial charge on any atom is 0.472 e. The number of esters is 4. The van der Waals surface area contributed by atoms with Crippen LogP contribution in [0.25, 0.3) is 0 Å². The van der Waals surface area contributed by atoms with Crippen molar-refractivity contribution in [3.05, 3.63) is 0 Å². The molecule has 0 aromatic heterocycles. The predicted octanol–water partition coefficient (Wildman–Crippen LogP) is 27.8. The summed E-state index contributed by atoms with van der Waals surface area (Å²) < 4.78 is 69.1. The van der Waals surface area contributed by atoms with E-state index in [1.807, 2.05) is 0 Å². The Labute approximate surface area is 670 Å². The molecule has 0 spiro atoms. The normalized spacial score (nSPS) is 14.0. The Bertz CT molecular complexity index is 2080. The molecule has 0 bridgehead atoms. The highest BCUT2D eigenvalue weighted by molar-refractivity contribution is 7.47. The van der Waals surface area contributed by atoms with Crippen molar-refractivity contribution in [2.45, 2.75) is 503 Å². The summed E-state index contributed by atoms with van der Waals surface area (Å²) in [7, 11) is -9.93. The average Bonchev–Trinajstić information content (AvgIpc) is 0.899. The summed E-state index contributed by atoms with van der Waals surface area (Å²) in [5.74, 6) is -0.451. The van der Waals surface area contributed by atoms with Crippen LogP contribution in [-0.2, 0) is 65.4 Å². The largest absolute Gasteiger partial charge is 0.472 e. The number of aliphatic hydroxyl groups excluding tert-OH is 1. The van der Waals surface area contributed by atoms with E-state index in [0.29, 0.717) is 25.7 Å². The molecule has 0 aromatic carbocycles. The number of ether oxygens (including phenoxy) is 4. The highest BCUT2D eigenvalue weighted by atomic mass is 31.2. The molecule has 6 atom stereocenters. The maximum absolute atomic E-state index is 13.2. The summed E-state index contributed by atoms with van der Waals surface area (Å²) in [5.41, 5.74) is 0. The molecule has 17 nitrogen and oxygen atoms in total. The fraction of sp³-hybridized carbons (Fsp3) is 0.956. The first-order valence-electron chi connectivity index (χ1n) is 46.5. The molecule has 648 valence electrons. The lowest BCUT2D eigenvalue weighted by atomic mass is 9.99. The minimum Gasteiger partial charge on any atom is -0.462 e. The molecule has 0 amide bonds. The lowest BCUT2D eigenvalue weighted by Gasteiger charge is -2.21. The van der Waals surface area contributed by atoms with E-state index in [-0.39, 0.29) is 25.7 Å². The van der Waals surface area contributed by atoms with Gasteiger partial charge in [-0.25, -0.2) is 9.13 Å². The summed E-state index contributed by atoms with van der Waals surface area (Å²) >= 11 is 0. The zero-order chi connectivity index (χ0) is 79.9. The Morgan fingerprint density at radius 2 is 0.468 bits per heavy atom. The molecule has 0 radical (unpaired) electrons. The van der Waals surface area contributed by atoms with Crippen molar-refractivity contribution in [3.63, 3.8) is 0 Å². The van der Waals surface area contributed by atoms with Gasteiger partial charge in [0.25, 0.3) is 0 Å². The minimum absolute atomic E-state index is 0.108. The predicted molar refractivity (Wildman–Crippen MR) is 451 cm³/mol. The number of aliphatic hydroxyl groups is 1. The number of carbonyl (C=O) groups excluding carboxylic acids is 4. The third-order valence-electron chi connectivity index (χ3n) is 21.6. The van der Waals surface area contributed by atoms with Crippen molar-refractivity contribution in [3.8, 4) is 0 Å². The van der Waals surface area contributed by atoms with Gasteiger partial charge in [0.05, 0.1) is 26.4 Å². The first-order chi connectivity index (χ1) is 52.9. The maximum atomic E-state index is 13.2. The van der Waals surface area contributed by atoms with Crippen LogP contribution in [0.1, 0.15) is 485 Å². The number of hydrogen-bond acceptors (Lipinski definition) is 15. The number of unbranched alkanes of at least 4 members (excludes halogenated alkanes) is 58. The average molecular weight is 1590 g/mol. The molecule has 0 aliphatic rings. The van der Waals surface area contributed by atoms with Gasteiger partial charge in [0.1, 0.15) is 19.3 Å². The van der Waals surface area contributed by atoms with Crippen molar-refractivity contribution in [2.24, 2.45) is 11.8 Å². The van der Waals surface area contributed by atoms with Crippen LogP contribution in [0.4, 0.5) is 0 Å². The van der Waals surface area contributed by atoms with E-state index in [9.17, 15) is 43.2 Å². The molecule has 0 rings (SSSR count). The van der Waals surface area contributed by atoms with Crippen molar-refractivity contribution >= 4 is 39.5 Å². The molecular weight excluding hydrogens is 1410 g/mol. The summed E-state index contributed by atoms with van der Waals surface area (Å²) in [5, 5.41) is 10.7. The van der Waals surface area contributed by atoms with Crippen molar-refractivity contribution in [2.75, 3.05) is 39.6 Å². The van der Waals surface area contributed by atoms with Crippen LogP contribution < -0.4 is 0 Å². The molecule has 0 fully saturated rings. The number of rotatable bonds is 89. The Hall–Kier alpha value is -1.94. The Kier molecular flexibility index (Phi) is 79.8. The first kappa shape index (κ1) is 107. The summed E-state index contributed by atoms with van der Waals surface area (Å²) in [4.78, 5) is 73.4. The molecule has 0 heterocycles. The third kappa shape index (κ3) is 82.4. The first-order valence-corrected chi connectivity index (χ1v) is 49.5. The van der Waals surface area contributed by atoms with Crippen molar-refractivity contribution in [1.82, 2.24) is 0 Å². The highest BCUT2D eigenvalue weighted by Gasteiger charge is 2.31. The lowest BCUT2D eigenvalue weighted by Crippen LogP contribution is -2.30. The third-order valence-corrected chi connectivity index (χ3v) is 23.5. The van der Waals surface area contributed by atoms with Crippen molar-refractivity contribution in [1.29, 1.82) is 0 Å². The molecule has 0 saturated heterocycles. The van der Waals surface area contributed by atoms with E-state index in [4.69, 9.17) is 37.0 Å². The molecule has 0 saturated carbocycles. The van der Waals surface area contributed by atoms with Gasteiger partial charge >= 0.3 is 39.5 Å². The smallest absolute Gasteiger partial charge is 0.462 e. The second kappa shape index (κ2) is 81.2. The van der Waals surface area contributed by atoms with Crippen LogP contribution in [0.2, 0.25) is 0 Å². The van der Waals surface area contributed by atoms with E-state index in [1.165, 1.54) is 302 Å². The highest BCUT2D eigenvalue weighted by Crippen LogP contribution is 2.45. The molecule has 109 heavy (non-hydrogen) atoms. The van der Waals surface area contributed by atoms with Gasteiger partial charge in [-0.2, -0.15) is 0 Å². The van der Waals surface area contributed by atoms with E-state index >= 15 is 0 Å². The Morgan fingerprint density at radius 3 is 0.697 bits per heavy atom. The zero-order valence-corrected chi connectivity index (χ0v) is 73.7. The SMILES string of the molecule is CCCCCCCCCCCCCCCCCCCCCCCCC(=O)O[C@H](COC(=O)CCCCCCCCCCCCCCCCC(C)CC)COP(=O)(O)OC[C@@H](O)COP(=O)(O)OC[C@@H](COC(=O)CCCCCCCCCCCCCC)OC(=O)CCCCCCCCCCCCCCCCC(C)C. The number of phosphoric ester groups is 2. The standard InChI is InChI=1S/C90H176O17P2/c1-7-10-12-14-16-18-20-22-23-24-25-26-27-28-29-30-38-44-50-56-62-68-74-89(94)107-86(79-101-88(93)73-67-61-55-49-43-37-34-32-36-41-47-53-59-65-71-83(6)9-3)81-105-109(98,99)103-77-84(91)76-102-108(96,97)104-80-85(78-100-87(92)72-66-60-54-48-42-21-19-17-15-13-11-8-2)106-90(95)75-69-63-57-51-45-39-33-31-35-40-46-52-58-64-70-82(4)5/h82-86,91H,7-81H2,1-6H3,(H,96,97)(H,98,99)/t83?,84-,85+,86+/m0/s1. The molecule has 19 heteroatoms. The topological polar surface area (TPSA) is 237 Å². The number of carbonyl (C=O) groups is 4. The molecule has 3 unspecified atom stereocenters. The Balaban J connectivity index is 5.25. The second-order valence-electron chi connectivity index (χ2n) is 33.1. The van der Waals surface area contributed by atoms with E-state index < -0.39 is 97.5 Å². The van der Waals surface area contributed by atoms with E-state index in [2.05, 4.69) is 41.5 Å². The fourth-order valence-corrected chi connectivity index (χ4v) is 15.7. The molecule has 0 aromatic rings. The number of phosphoric acid groups is 2. The molecule has 0 aliphatic carbocycles. The summed E-state index contributed by atoms with van der Waals surface area (Å²) in [6.07, 6.45) is 74.9. The molecular formula is C90H176O17P2. The van der Waals surface area contributed by atoms with Gasteiger partial charge in [-0.05, 0) is 37.5 Å². The van der Waals surface area contributed by atoms with Gasteiger partial charge in [-0.1, -0.05) is 433 Å². The van der Waals surface area contributed by atoms with Gasteiger partial charge in [-0.3, -0.25) is 37.3 Å². The van der Waals surface area contributed by atoms with Crippen LogP contribution in [-0.4, -0.2) is 96.7 Å². The minimum atomic E-state index is -4.97. The van der Waals surface area contributed by atoms with Gasteiger partial charge in [0, 0.05) is 25.7 Å². The fourth-order valence-electron chi connectivity index (χ4n) is 14.1. The van der Waals surface area contributed by atoms with Crippen LogP contribution in [0.5, 0.6) is 0 Å². The van der Waals surface area contributed by atoms with Crippen LogP contribution >= 0.6 is 15.6 Å². The van der Waals surface area contributed by atoms with Crippen LogP contribution in [0.3, 0.4) is 0 Å². The van der Waals surface area contributed by atoms with Gasteiger partial charge in [-0.15, -0.1) is 0 Å². The van der Waals surface area contributed by atoms with Gasteiger partial charge in [0.2, 0.25) is 0 Å². The quantitative estimate of drug-likeness (QED) is 0.0222. The Morgan fingerprint density at radius 1 is 0.266 bits per heavy atom. The molecule has 3 N–H and O–H groups in total. The van der Waals surface area contributed by atoms with Crippen LogP contribution in [0.15, 0.2) is 0 Å². The van der Waals surface area contributed by atoms with E-state index in [0.717, 1.165) is 102 Å².